The van der Waals surface area contributed by atoms with E-state index in [0.29, 0.717) is 12.1 Å². The molecule has 0 spiro atoms. The largest absolute Gasteiger partial charge is 0.465 e. The lowest BCUT2D eigenvalue weighted by atomic mass is 10.1. The fourth-order valence-electron chi connectivity index (χ4n) is 1.98. The smallest absolute Gasteiger partial charge is 0.338 e. The van der Waals surface area contributed by atoms with E-state index in [2.05, 4.69) is 15.5 Å². The number of nitrogens with one attached hydrogen (secondary N) is 2. The molecule has 0 bridgehead atoms. The number of rotatable bonds is 4. The van der Waals surface area contributed by atoms with Gasteiger partial charge < -0.3 is 10.1 Å². The van der Waals surface area contributed by atoms with Crippen LogP contribution in [0.3, 0.4) is 0 Å². The Labute approximate surface area is 112 Å². The number of carbonyl (C=O) groups is 1. The van der Waals surface area contributed by atoms with Gasteiger partial charge in [0, 0.05) is 6.54 Å². The first-order valence-electron chi connectivity index (χ1n) is 6.05. The molecule has 1 heterocycles. The number of ether oxygens (including phenoxy) is 1. The van der Waals surface area contributed by atoms with Crippen molar-refractivity contribution in [3.05, 3.63) is 46.8 Å². The zero-order chi connectivity index (χ0) is 13.8. The average Bonchev–Trinajstić information content (AvgIpc) is 2.75. The Morgan fingerprint density at radius 1 is 1.37 bits per heavy atom. The second-order valence-electron chi connectivity index (χ2n) is 4.31. The van der Waals surface area contributed by atoms with Crippen molar-refractivity contribution >= 4 is 11.7 Å². The van der Waals surface area contributed by atoms with E-state index < -0.39 is 0 Å². The van der Waals surface area contributed by atoms with Crippen LogP contribution in [-0.2, 0) is 11.3 Å². The van der Waals surface area contributed by atoms with Crippen molar-refractivity contribution in [3.63, 3.8) is 0 Å². The van der Waals surface area contributed by atoms with Crippen LogP contribution in [0.15, 0.2) is 24.3 Å². The Hall–Kier alpha value is -2.30. The molecule has 2 N–H and O–H groups in total. The number of benzene rings is 1. The molecule has 2 rings (SSSR count). The highest BCUT2D eigenvalue weighted by atomic mass is 16.5. The third-order valence-corrected chi connectivity index (χ3v) is 3.01. The molecule has 2 aromatic rings. The second kappa shape index (κ2) is 5.56. The predicted octanol–water partition coefficient (Wildman–Crippen LogP) is 2.43. The van der Waals surface area contributed by atoms with Gasteiger partial charge in [0.25, 0.3) is 0 Å². The molecule has 0 fully saturated rings. The zero-order valence-electron chi connectivity index (χ0n) is 11.3. The molecule has 100 valence electrons. The number of aromatic amines is 1. The fraction of sp³-hybridized carbons (Fsp3) is 0.286. The first-order valence-corrected chi connectivity index (χ1v) is 6.05. The van der Waals surface area contributed by atoms with Crippen LogP contribution in [0.4, 0.5) is 5.69 Å². The predicted molar refractivity (Wildman–Crippen MR) is 73.2 cm³/mol. The van der Waals surface area contributed by atoms with E-state index in [4.69, 9.17) is 4.74 Å². The number of aryl methyl sites for hydroxylation is 2. The average molecular weight is 259 g/mol. The molecule has 0 aliphatic rings. The minimum atomic E-state index is -0.321. The Morgan fingerprint density at radius 3 is 2.74 bits per heavy atom. The van der Waals surface area contributed by atoms with Crippen LogP contribution in [0.25, 0.3) is 0 Å². The van der Waals surface area contributed by atoms with Gasteiger partial charge in [-0.05, 0) is 25.5 Å². The van der Waals surface area contributed by atoms with Crippen molar-refractivity contribution in [2.45, 2.75) is 20.4 Å². The van der Waals surface area contributed by atoms with Crippen LogP contribution in [0, 0.1) is 13.8 Å². The van der Waals surface area contributed by atoms with Gasteiger partial charge in [0.2, 0.25) is 0 Å². The Balaban J connectivity index is 2.18. The van der Waals surface area contributed by atoms with Crippen molar-refractivity contribution in [2.75, 3.05) is 12.4 Å². The van der Waals surface area contributed by atoms with Crippen molar-refractivity contribution in [1.82, 2.24) is 10.2 Å². The topological polar surface area (TPSA) is 67.0 Å². The maximum atomic E-state index is 11.7. The SMILES string of the molecule is COC(=O)c1ccccc1CNc1c(C)n[nH]c1C. The highest BCUT2D eigenvalue weighted by molar-refractivity contribution is 5.91. The molecule has 5 heteroatoms. The minimum absolute atomic E-state index is 0.321. The van der Waals surface area contributed by atoms with Gasteiger partial charge in [0.15, 0.2) is 0 Å². The monoisotopic (exact) mass is 259 g/mol. The van der Waals surface area contributed by atoms with E-state index in [0.717, 1.165) is 22.6 Å². The molecular formula is C14H17N3O2. The number of esters is 1. The lowest BCUT2D eigenvalue weighted by molar-refractivity contribution is 0.0599. The van der Waals surface area contributed by atoms with Crippen LogP contribution in [0.1, 0.15) is 27.3 Å². The van der Waals surface area contributed by atoms with E-state index in [-0.39, 0.29) is 5.97 Å². The maximum absolute atomic E-state index is 11.7. The van der Waals surface area contributed by atoms with Crippen molar-refractivity contribution < 1.29 is 9.53 Å². The summed E-state index contributed by atoms with van der Waals surface area (Å²) in [5, 5.41) is 10.3. The molecule has 0 saturated carbocycles. The summed E-state index contributed by atoms with van der Waals surface area (Å²) in [6.45, 7) is 4.43. The molecule has 0 aliphatic carbocycles. The first-order chi connectivity index (χ1) is 9.13. The molecular weight excluding hydrogens is 242 g/mol. The number of carbonyl (C=O) groups excluding carboxylic acids is 1. The molecule has 5 nitrogen and oxygen atoms in total. The summed E-state index contributed by atoms with van der Waals surface area (Å²) in [6, 6.07) is 7.39. The maximum Gasteiger partial charge on any atom is 0.338 e. The number of aromatic nitrogens is 2. The first kappa shape index (κ1) is 13.1. The van der Waals surface area contributed by atoms with Crippen LogP contribution < -0.4 is 5.32 Å². The summed E-state index contributed by atoms with van der Waals surface area (Å²) in [7, 11) is 1.39. The van der Waals surface area contributed by atoms with Gasteiger partial charge in [-0.2, -0.15) is 5.10 Å². The van der Waals surface area contributed by atoms with Crippen LogP contribution in [-0.4, -0.2) is 23.3 Å². The highest BCUT2D eigenvalue weighted by Gasteiger charge is 2.12. The summed E-state index contributed by atoms with van der Waals surface area (Å²) >= 11 is 0. The Kier molecular flexibility index (Phi) is 3.85. The van der Waals surface area contributed by atoms with Crippen molar-refractivity contribution in [2.24, 2.45) is 0 Å². The van der Waals surface area contributed by atoms with E-state index in [1.165, 1.54) is 7.11 Å². The summed E-state index contributed by atoms with van der Waals surface area (Å²) in [5.74, 6) is -0.321. The van der Waals surface area contributed by atoms with Gasteiger partial charge in [-0.1, -0.05) is 18.2 Å². The van der Waals surface area contributed by atoms with Gasteiger partial charge >= 0.3 is 5.97 Å². The fourth-order valence-corrected chi connectivity index (χ4v) is 1.98. The van der Waals surface area contributed by atoms with Crippen LogP contribution >= 0.6 is 0 Å². The third-order valence-electron chi connectivity index (χ3n) is 3.01. The van der Waals surface area contributed by atoms with Gasteiger partial charge in [0.05, 0.1) is 29.7 Å². The molecule has 19 heavy (non-hydrogen) atoms. The van der Waals surface area contributed by atoms with E-state index in [1.807, 2.05) is 32.0 Å². The molecule has 0 saturated heterocycles. The van der Waals surface area contributed by atoms with E-state index in [1.54, 1.807) is 6.07 Å². The molecule has 0 aliphatic heterocycles. The molecule has 0 radical (unpaired) electrons. The lowest BCUT2D eigenvalue weighted by Crippen LogP contribution is -2.09. The van der Waals surface area contributed by atoms with E-state index >= 15 is 0 Å². The van der Waals surface area contributed by atoms with Gasteiger partial charge in [-0.3, -0.25) is 5.10 Å². The van der Waals surface area contributed by atoms with Gasteiger partial charge in [-0.25, -0.2) is 4.79 Å². The number of methoxy groups -OCH3 is 1. The Bertz CT molecular complexity index is 571. The minimum Gasteiger partial charge on any atom is -0.465 e. The lowest BCUT2D eigenvalue weighted by Gasteiger charge is -2.10. The Morgan fingerprint density at radius 2 is 2.11 bits per heavy atom. The van der Waals surface area contributed by atoms with Crippen molar-refractivity contribution in [3.8, 4) is 0 Å². The number of hydrogen-bond donors (Lipinski definition) is 2. The molecule has 0 unspecified atom stereocenters. The quantitative estimate of drug-likeness (QED) is 0.827. The molecule has 0 atom stereocenters. The molecule has 1 aromatic heterocycles. The summed E-state index contributed by atoms with van der Waals surface area (Å²) in [4.78, 5) is 11.7. The number of nitrogens with zero attached hydrogens (tertiary/aromatic N) is 1. The van der Waals surface area contributed by atoms with Crippen LogP contribution in [0.5, 0.6) is 0 Å². The van der Waals surface area contributed by atoms with Crippen LogP contribution in [0.2, 0.25) is 0 Å². The summed E-state index contributed by atoms with van der Waals surface area (Å²) in [6.07, 6.45) is 0. The van der Waals surface area contributed by atoms with Gasteiger partial charge in [0.1, 0.15) is 0 Å². The number of hydrogen-bond acceptors (Lipinski definition) is 4. The zero-order valence-corrected chi connectivity index (χ0v) is 11.3. The normalized spacial score (nSPS) is 10.3. The van der Waals surface area contributed by atoms with Gasteiger partial charge in [-0.15, -0.1) is 0 Å². The number of H-pyrrole nitrogens is 1. The van der Waals surface area contributed by atoms with E-state index in [9.17, 15) is 4.79 Å². The number of anilines is 1. The molecule has 1 aromatic carbocycles. The highest BCUT2D eigenvalue weighted by Crippen LogP contribution is 2.18. The van der Waals surface area contributed by atoms with Crippen molar-refractivity contribution in [1.29, 1.82) is 0 Å². The summed E-state index contributed by atoms with van der Waals surface area (Å²) in [5.41, 5.74) is 4.34. The second-order valence-corrected chi connectivity index (χ2v) is 4.31. The summed E-state index contributed by atoms with van der Waals surface area (Å²) < 4.78 is 4.78. The molecule has 0 amide bonds. The third kappa shape index (κ3) is 2.76. The standard InChI is InChI=1S/C14H17N3O2/c1-9-13(10(2)17-16-9)15-8-11-6-4-5-7-12(11)14(18)19-3/h4-7,15H,8H2,1-3H3,(H,16,17).